The summed E-state index contributed by atoms with van der Waals surface area (Å²) in [4.78, 5) is 29.9. The number of fused-ring (bicyclic) bond motifs is 3. The number of nitrogens with one attached hydrogen (secondary N) is 1. The fourth-order valence-electron chi connectivity index (χ4n) is 8.18. The number of alkyl carbamates (subject to hydrolysis) is 1. The van der Waals surface area contributed by atoms with E-state index in [1.807, 2.05) is 11.8 Å². The van der Waals surface area contributed by atoms with Gasteiger partial charge in [0, 0.05) is 37.9 Å². The number of ether oxygens (including phenoxy) is 2. The van der Waals surface area contributed by atoms with E-state index in [2.05, 4.69) is 20.2 Å². The predicted octanol–water partition coefficient (Wildman–Crippen LogP) is 5.47. The minimum atomic E-state index is -0.970. The molecule has 3 aliphatic heterocycles. The number of rotatable bonds is 8. The summed E-state index contributed by atoms with van der Waals surface area (Å²) in [6.07, 6.45) is 6.26. The third-order valence-corrected chi connectivity index (χ3v) is 10.5. The van der Waals surface area contributed by atoms with Crippen LogP contribution in [-0.2, 0) is 11.2 Å². The molecule has 4 aromatic rings. The summed E-state index contributed by atoms with van der Waals surface area (Å²) in [7, 11) is 1.53. The molecule has 49 heavy (non-hydrogen) atoms. The summed E-state index contributed by atoms with van der Waals surface area (Å²) in [5.74, 6) is -0.865. The van der Waals surface area contributed by atoms with Gasteiger partial charge in [-0.1, -0.05) is 13.0 Å². The van der Waals surface area contributed by atoms with E-state index in [0.717, 1.165) is 32.2 Å². The van der Waals surface area contributed by atoms with Crippen LogP contribution in [0.5, 0.6) is 11.8 Å². The molecule has 3 aliphatic rings. The molecular formula is C36H42F2N6O5. The molecule has 0 radical (unpaired) electrons. The maximum Gasteiger partial charge on any atom is 0.406 e. The zero-order valence-corrected chi connectivity index (χ0v) is 28.1. The van der Waals surface area contributed by atoms with Gasteiger partial charge in [-0.05, 0) is 92.9 Å². The maximum absolute atomic E-state index is 16.9. The van der Waals surface area contributed by atoms with Crippen LogP contribution in [0.3, 0.4) is 0 Å². The van der Waals surface area contributed by atoms with Crippen LogP contribution in [0.25, 0.3) is 32.9 Å². The van der Waals surface area contributed by atoms with E-state index >= 15 is 8.78 Å². The number of β-amino-alcohol motifs (C(OH)–C–C–N with tert-alkyl or cyclic N) is 1. The molecule has 3 saturated heterocycles. The number of hydrogen-bond donors (Lipinski definition) is 3. The van der Waals surface area contributed by atoms with Gasteiger partial charge in [0.05, 0.1) is 16.5 Å². The highest BCUT2D eigenvalue weighted by Crippen LogP contribution is 2.44. The summed E-state index contributed by atoms with van der Waals surface area (Å²) in [5, 5.41) is 25.4. The average molecular weight is 677 g/mol. The molecule has 13 heteroatoms. The Morgan fingerprint density at radius 1 is 1.14 bits per heavy atom. The fraction of sp³-hybridized carbons (Fsp3) is 0.500. The summed E-state index contributed by atoms with van der Waals surface area (Å²) in [5.41, 5.74) is -0.718. The second-order valence-electron chi connectivity index (χ2n) is 13.9. The van der Waals surface area contributed by atoms with Crippen molar-refractivity contribution < 1.29 is 33.3 Å². The van der Waals surface area contributed by atoms with Gasteiger partial charge in [-0.2, -0.15) is 9.97 Å². The Bertz CT molecular complexity index is 1920. The van der Waals surface area contributed by atoms with Crippen molar-refractivity contribution in [1.82, 2.24) is 25.2 Å². The number of phenols is 1. The van der Waals surface area contributed by atoms with Crippen LogP contribution in [0.1, 0.15) is 57.9 Å². The Kier molecular flexibility index (Phi) is 8.68. The number of aryl methyl sites for hydroxylation is 1. The number of piperidine rings is 1. The molecule has 3 atom stereocenters. The summed E-state index contributed by atoms with van der Waals surface area (Å²) < 4.78 is 43.7. The van der Waals surface area contributed by atoms with Gasteiger partial charge in [0.25, 0.3) is 0 Å². The quantitative estimate of drug-likeness (QED) is 0.221. The number of aromatic nitrogens is 3. The highest BCUT2D eigenvalue weighted by atomic mass is 19.1. The van der Waals surface area contributed by atoms with E-state index in [1.54, 1.807) is 13.0 Å². The second-order valence-corrected chi connectivity index (χ2v) is 13.9. The Balaban J connectivity index is 1.30. The molecule has 5 heterocycles. The molecule has 2 aromatic carbocycles. The van der Waals surface area contributed by atoms with Crippen LogP contribution in [-0.4, -0.2) is 93.2 Å². The van der Waals surface area contributed by atoms with Gasteiger partial charge in [-0.15, -0.1) is 0 Å². The molecule has 0 bridgehead atoms. The molecule has 0 unspecified atom stereocenters. The van der Waals surface area contributed by atoms with E-state index in [9.17, 15) is 15.0 Å². The number of carbonyl (C=O) groups is 1. The van der Waals surface area contributed by atoms with Crippen LogP contribution in [0.2, 0.25) is 0 Å². The van der Waals surface area contributed by atoms with Gasteiger partial charge in [0.1, 0.15) is 41.8 Å². The maximum atomic E-state index is 16.9. The second kappa shape index (κ2) is 12.8. The minimum absolute atomic E-state index is 0.00360. The van der Waals surface area contributed by atoms with Crippen molar-refractivity contribution in [1.29, 1.82) is 0 Å². The lowest BCUT2D eigenvalue weighted by atomic mass is 9.94. The Hall–Kier alpha value is -4.36. The zero-order chi connectivity index (χ0) is 34.5. The number of halogens is 2. The lowest BCUT2D eigenvalue weighted by Crippen LogP contribution is -2.48. The lowest BCUT2D eigenvalue weighted by Gasteiger charge is -2.38. The summed E-state index contributed by atoms with van der Waals surface area (Å²) in [6.45, 7) is 5.85. The molecule has 0 saturated carbocycles. The van der Waals surface area contributed by atoms with Crippen LogP contribution < -0.4 is 15.0 Å². The van der Waals surface area contributed by atoms with Gasteiger partial charge in [0.15, 0.2) is 5.82 Å². The third kappa shape index (κ3) is 6.07. The number of pyridine rings is 1. The van der Waals surface area contributed by atoms with Crippen molar-refractivity contribution in [3.05, 3.63) is 47.7 Å². The van der Waals surface area contributed by atoms with Crippen LogP contribution in [0, 0.1) is 11.6 Å². The van der Waals surface area contributed by atoms with Gasteiger partial charge in [0.2, 0.25) is 0 Å². The average Bonchev–Trinajstić information content (AvgIpc) is 3.65. The molecule has 3 N–H and O–H groups in total. The predicted molar refractivity (Wildman–Crippen MR) is 181 cm³/mol. The van der Waals surface area contributed by atoms with Crippen LogP contribution in [0.15, 0.2) is 30.5 Å². The van der Waals surface area contributed by atoms with Gasteiger partial charge < -0.3 is 29.9 Å². The first-order valence-corrected chi connectivity index (χ1v) is 17.0. The van der Waals surface area contributed by atoms with Gasteiger partial charge in [-0.25, -0.2) is 13.6 Å². The van der Waals surface area contributed by atoms with Crippen molar-refractivity contribution in [2.45, 2.75) is 76.0 Å². The van der Waals surface area contributed by atoms with E-state index in [0.29, 0.717) is 53.3 Å². The van der Waals surface area contributed by atoms with Crippen molar-refractivity contribution in [2.24, 2.45) is 0 Å². The minimum Gasteiger partial charge on any atom is -0.508 e. The number of aromatic hydroxyl groups is 1. The first-order chi connectivity index (χ1) is 23.5. The SMILES string of the molecule is CCc1c(F)ccc2cc(O)cc(-c3ncc4c(N5CCC[C@@](C)(O)C5)nc(OC[C@@]56CCCN5[C@H](COC(=O)NC)CC6)nc4c3F)c12. The normalized spacial score (nSPS) is 24.0. The number of nitrogens with zero attached hydrogens (tertiary/aromatic N) is 5. The summed E-state index contributed by atoms with van der Waals surface area (Å²) >= 11 is 0. The Morgan fingerprint density at radius 2 is 1.96 bits per heavy atom. The van der Waals surface area contributed by atoms with Crippen LogP contribution in [0.4, 0.5) is 19.4 Å². The lowest BCUT2D eigenvalue weighted by molar-refractivity contribution is 0.0445. The van der Waals surface area contributed by atoms with Gasteiger partial charge >= 0.3 is 12.1 Å². The van der Waals surface area contributed by atoms with Crippen LogP contribution >= 0.6 is 0 Å². The molecule has 7 rings (SSSR count). The standard InChI is InChI=1S/C36H42F2N6O5/c1-4-24-27(37)8-7-21-15-23(45)16-25(28(21)24)30-29(38)31-26(17-40-30)32(43-13-5-10-35(2,47)19-43)42-33(41-31)49-20-36-11-6-14-44(36)22(9-12-36)18-48-34(46)39-3/h7-8,15-17,22,45,47H,4-6,9-14,18-20H2,1-3H3,(H,39,46)/t22-,35+,36-/m0/s1. The third-order valence-electron chi connectivity index (χ3n) is 10.5. The Morgan fingerprint density at radius 3 is 2.73 bits per heavy atom. The summed E-state index contributed by atoms with van der Waals surface area (Å²) in [6, 6.07) is 5.89. The molecule has 0 aliphatic carbocycles. The van der Waals surface area contributed by atoms with Crippen molar-refractivity contribution >= 4 is 33.6 Å². The smallest absolute Gasteiger partial charge is 0.406 e. The van der Waals surface area contributed by atoms with E-state index < -0.39 is 23.3 Å². The molecular weight excluding hydrogens is 634 g/mol. The Labute approximate surface area is 283 Å². The molecule has 2 aromatic heterocycles. The first kappa shape index (κ1) is 33.2. The number of carbonyl (C=O) groups excluding carboxylic acids is 1. The van der Waals surface area contributed by atoms with Crippen molar-refractivity contribution in [2.75, 3.05) is 44.8 Å². The number of anilines is 1. The molecule has 260 valence electrons. The number of benzene rings is 2. The van der Waals surface area contributed by atoms with E-state index in [-0.39, 0.29) is 59.9 Å². The number of hydrogen-bond acceptors (Lipinski definition) is 10. The fourth-order valence-corrected chi connectivity index (χ4v) is 8.18. The zero-order valence-electron chi connectivity index (χ0n) is 28.1. The van der Waals surface area contributed by atoms with E-state index in [1.165, 1.54) is 31.4 Å². The topological polar surface area (TPSA) is 133 Å². The first-order valence-electron chi connectivity index (χ1n) is 17.0. The van der Waals surface area contributed by atoms with Crippen molar-refractivity contribution in [3.8, 4) is 23.0 Å². The van der Waals surface area contributed by atoms with Crippen molar-refractivity contribution in [3.63, 3.8) is 0 Å². The number of phenolic OH excluding ortho intramolecular Hbond substituents is 1. The monoisotopic (exact) mass is 676 g/mol. The number of amides is 1. The van der Waals surface area contributed by atoms with E-state index in [4.69, 9.17) is 14.5 Å². The molecule has 1 amide bonds. The molecule has 3 fully saturated rings. The molecule has 11 nitrogen and oxygen atoms in total. The highest BCUT2D eigenvalue weighted by Gasteiger charge is 2.50. The molecule has 0 spiro atoms. The number of aliphatic hydroxyl groups is 1. The highest BCUT2D eigenvalue weighted by molar-refractivity contribution is 6.01. The van der Waals surface area contributed by atoms with Gasteiger partial charge in [-0.3, -0.25) is 9.88 Å². The largest absolute Gasteiger partial charge is 0.508 e.